The van der Waals surface area contributed by atoms with Gasteiger partial charge in [-0.25, -0.2) is 0 Å². The number of hydrogen-bond acceptors (Lipinski definition) is 4. The lowest BCUT2D eigenvalue weighted by molar-refractivity contribution is 0.427. The Hall–Kier alpha value is -1.30. The van der Waals surface area contributed by atoms with Crippen LogP contribution in [-0.2, 0) is 0 Å². The molecule has 0 aliphatic carbocycles. The summed E-state index contributed by atoms with van der Waals surface area (Å²) in [6, 6.07) is 10.2. The van der Waals surface area contributed by atoms with Crippen LogP contribution in [0.2, 0.25) is 0 Å². The number of rotatable bonds is 10. The van der Waals surface area contributed by atoms with E-state index in [0.29, 0.717) is 4.78 Å². The maximum absolute atomic E-state index is 9.27. The molecule has 0 amide bonds. The third-order valence-electron chi connectivity index (χ3n) is 4.62. The zero-order chi connectivity index (χ0) is 18.2. The molecule has 5 heteroatoms. The molecule has 0 bridgehead atoms. The van der Waals surface area contributed by atoms with Crippen molar-refractivity contribution in [3.63, 3.8) is 0 Å². The minimum atomic E-state index is -1.39. The Labute approximate surface area is 156 Å². The van der Waals surface area contributed by atoms with Gasteiger partial charge in [0, 0.05) is 28.9 Å². The van der Waals surface area contributed by atoms with E-state index in [2.05, 4.69) is 44.0 Å². The van der Waals surface area contributed by atoms with Crippen LogP contribution in [0.5, 0.6) is 0 Å². The minimum Gasteiger partial charge on any atom is -0.423 e. The Morgan fingerprint density at radius 1 is 1.00 bits per heavy atom. The largest absolute Gasteiger partial charge is 0.499 e. The summed E-state index contributed by atoms with van der Waals surface area (Å²) in [6.45, 7) is 5.49. The molecule has 0 saturated heterocycles. The Morgan fingerprint density at radius 3 is 2.36 bits per heavy atom. The first kappa shape index (κ1) is 20.0. The lowest BCUT2D eigenvalue weighted by atomic mass is 9.90. The Morgan fingerprint density at radius 2 is 1.72 bits per heavy atom. The molecule has 25 heavy (non-hydrogen) atoms. The smallest absolute Gasteiger partial charge is 0.423 e. The van der Waals surface area contributed by atoms with E-state index in [4.69, 9.17) is 0 Å². The van der Waals surface area contributed by atoms with E-state index in [1.165, 1.54) is 61.1 Å². The maximum atomic E-state index is 9.27. The van der Waals surface area contributed by atoms with Crippen LogP contribution in [0.1, 0.15) is 51.0 Å². The molecule has 1 heterocycles. The first-order chi connectivity index (χ1) is 12.0. The fourth-order valence-electron chi connectivity index (χ4n) is 3.13. The molecule has 0 aliphatic rings. The average molecular weight is 359 g/mol. The molecule has 1 aromatic heterocycles. The highest BCUT2D eigenvalue weighted by atomic mass is 32.1. The quantitative estimate of drug-likeness (QED) is 0.494. The fraction of sp³-hybridized carbons (Fsp3) is 0.500. The summed E-state index contributed by atoms with van der Waals surface area (Å²) in [4.78, 5) is 3.41. The molecule has 0 saturated carbocycles. The van der Waals surface area contributed by atoms with Gasteiger partial charge in [0.05, 0.1) is 0 Å². The third kappa shape index (κ3) is 5.87. The van der Waals surface area contributed by atoms with E-state index < -0.39 is 7.12 Å². The molecule has 2 aromatic rings. The number of anilines is 1. The Balaban J connectivity index is 1.94. The number of nitrogens with zero attached hydrogens (tertiary/aromatic N) is 1. The molecule has 1 aromatic carbocycles. The minimum absolute atomic E-state index is 0.580. The zero-order valence-corrected chi connectivity index (χ0v) is 16.5. The van der Waals surface area contributed by atoms with Crippen molar-refractivity contribution < 1.29 is 10.0 Å². The number of unbranched alkanes of at least 4 members (excludes halogenated alkanes) is 5. The topological polar surface area (TPSA) is 43.7 Å². The van der Waals surface area contributed by atoms with Crippen molar-refractivity contribution in [1.82, 2.24) is 0 Å². The van der Waals surface area contributed by atoms with Crippen LogP contribution in [0.3, 0.4) is 0 Å². The number of aryl methyl sites for hydroxylation is 1. The van der Waals surface area contributed by atoms with Gasteiger partial charge in [-0.2, -0.15) is 0 Å². The molecule has 0 aliphatic heterocycles. The van der Waals surface area contributed by atoms with Gasteiger partial charge >= 0.3 is 7.12 Å². The summed E-state index contributed by atoms with van der Waals surface area (Å²) in [5.41, 5.74) is 3.66. The first-order valence-electron chi connectivity index (χ1n) is 9.31. The summed E-state index contributed by atoms with van der Waals surface area (Å²) < 4.78 is 0.580. The van der Waals surface area contributed by atoms with Gasteiger partial charge < -0.3 is 14.9 Å². The SMILES string of the molecule is CCCCCCCCN(C)c1ccc(-c2ccc(B(O)O)s2)cc1C. The molecular formula is C20H30BNO2S. The fourth-order valence-corrected chi connectivity index (χ4v) is 4.01. The van der Waals surface area contributed by atoms with Gasteiger partial charge in [-0.1, -0.05) is 51.2 Å². The number of benzene rings is 1. The van der Waals surface area contributed by atoms with Crippen LogP contribution in [0.25, 0.3) is 10.4 Å². The van der Waals surface area contributed by atoms with E-state index in [9.17, 15) is 10.0 Å². The summed E-state index contributed by atoms with van der Waals surface area (Å²) in [5, 5.41) is 18.5. The van der Waals surface area contributed by atoms with Gasteiger partial charge in [0.1, 0.15) is 0 Å². The average Bonchev–Trinajstić information content (AvgIpc) is 3.08. The Kier molecular flexibility index (Phi) is 8.01. The first-order valence-corrected chi connectivity index (χ1v) is 10.1. The summed E-state index contributed by atoms with van der Waals surface area (Å²) in [5.74, 6) is 0. The highest BCUT2D eigenvalue weighted by Gasteiger charge is 2.15. The van der Waals surface area contributed by atoms with Gasteiger partial charge in [0.25, 0.3) is 0 Å². The second-order valence-electron chi connectivity index (χ2n) is 6.77. The molecule has 0 radical (unpaired) electrons. The molecule has 3 nitrogen and oxygen atoms in total. The molecular weight excluding hydrogens is 329 g/mol. The van der Waals surface area contributed by atoms with Gasteiger partial charge in [-0.15, -0.1) is 11.3 Å². The van der Waals surface area contributed by atoms with Crippen molar-refractivity contribution in [2.45, 2.75) is 52.4 Å². The van der Waals surface area contributed by atoms with Crippen LogP contribution in [0.4, 0.5) is 5.69 Å². The molecule has 0 atom stereocenters. The molecule has 0 spiro atoms. The lowest BCUT2D eigenvalue weighted by Crippen LogP contribution is -2.26. The highest BCUT2D eigenvalue weighted by molar-refractivity contribution is 7.24. The van der Waals surface area contributed by atoms with Crippen molar-refractivity contribution in [2.75, 3.05) is 18.5 Å². The van der Waals surface area contributed by atoms with Crippen molar-refractivity contribution in [3.8, 4) is 10.4 Å². The highest BCUT2D eigenvalue weighted by Crippen LogP contribution is 2.29. The van der Waals surface area contributed by atoms with Crippen LogP contribution in [0, 0.1) is 6.92 Å². The molecule has 0 unspecified atom stereocenters. The zero-order valence-electron chi connectivity index (χ0n) is 15.7. The van der Waals surface area contributed by atoms with Crippen LogP contribution in [-0.4, -0.2) is 30.8 Å². The Bertz CT molecular complexity index is 657. The van der Waals surface area contributed by atoms with Gasteiger partial charge in [-0.3, -0.25) is 0 Å². The standard InChI is InChI=1S/C20H30BNO2S/c1-4-5-6-7-8-9-14-22(3)18-11-10-17(15-16(18)2)19-12-13-20(25-19)21(23)24/h10-13,15,23-24H,4-9,14H2,1-3H3. The predicted molar refractivity (Wildman–Crippen MR) is 111 cm³/mol. The lowest BCUT2D eigenvalue weighted by Gasteiger charge is -2.22. The molecule has 2 rings (SSSR count). The van der Waals surface area contributed by atoms with Gasteiger partial charge in [0.15, 0.2) is 0 Å². The van der Waals surface area contributed by atoms with Crippen molar-refractivity contribution >= 4 is 28.9 Å². The summed E-state index contributed by atoms with van der Waals surface area (Å²) in [6.07, 6.45) is 7.91. The summed E-state index contributed by atoms with van der Waals surface area (Å²) >= 11 is 1.43. The third-order valence-corrected chi connectivity index (χ3v) is 5.80. The predicted octanol–water partition coefficient (Wildman–Crippen LogP) is 4.20. The van der Waals surface area contributed by atoms with Crippen molar-refractivity contribution in [1.29, 1.82) is 0 Å². The monoisotopic (exact) mass is 359 g/mol. The van der Waals surface area contributed by atoms with Gasteiger partial charge in [-0.05, 0) is 42.7 Å². The van der Waals surface area contributed by atoms with Crippen LogP contribution < -0.4 is 9.68 Å². The van der Waals surface area contributed by atoms with E-state index in [1.807, 2.05) is 6.07 Å². The van der Waals surface area contributed by atoms with E-state index in [-0.39, 0.29) is 0 Å². The second-order valence-corrected chi connectivity index (χ2v) is 7.88. The molecule has 136 valence electrons. The maximum Gasteiger partial charge on any atom is 0.499 e. The van der Waals surface area contributed by atoms with Crippen LogP contribution >= 0.6 is 11.3 Å². The molecule has 0 fully saturated rings. The van der Waals surface area contributed by atoms with E-state index in [1.54, 1.807) is 6.07 Å². The van der Waals surface area contributed by atoms with Crippen molar-refractivity contribution in [3.05, 3.63) is 35.9 Å². The van der Waals surface area contributed by atoms with E-state index in [0.717, 1.165) is 17.0 Å². The van der Waals surface area contributed by atoms with Crippen LogP contribution in [0.15, 0.2) is 30.3 Å². The van der Waals surface area contributed by atoms with Crippen molar-refractivity contribution in [2.24, 2.45) is 0 Å². The van der Waals surface area contributed by atoms with E-state index >= 15 is 0 Å². The normalized spacial score (nSPS) is 10.9. The van der Waals surface area contributed by atoms with Gasteiger partial charge in [0.2, 0.25) is 0 Å². The summed E-state index contributed by atoms with van der Waals surface area (Å²) in [7, 11) is 0.780. The number of thiophene rings is 1. The number of hydrogen-bond donors (Lipinski definition) is 2. The molecule has 2 N–H and O–H groups in total. The second kappa shape index (κ2) is 10.0.